The van der Waals surface area contributed by atoms with Gasteiger partial charge in [0.15, 0.2) is 5.69 Å². The van der Waals surface area contributed by atoms with E-state index in [1.54, 1.807) is 0 Å². The molecule has 1 aromatic heterocycles. The molecule has 1 aromatic carbocycles. The lowest BCUT2D eigenvalue weighted by atomic mass is 10.2. The van der Waals surface area contributed by atoms with Crippen molar-refractivity contribution in [2.75, 3.05) is 11.9 Å². The number of hydrogen-bond acceptors (Lipinski definition) is 6. The summed E-state index contributed by atoms with van der Waals surface area (Å²) in [5.41, 5.74) is -2.04. The average molecular weight is 377 g/mol. The Bertz CT molecular complexity index is 766. The Balaban J connectivity index is 2.26. The fraction of sp³-hybridized carbons (Fsp3) is 0.267. The van der Waals surface area contributed by atoms with Crippen LogP contribution in [0.25, 0.3) is 0 Å². The minimum atomic E-state index is -4.91. The molecule has 0 saturated carbocycles. The van der Waals surface area contributed by atoms with Gasteiger partial charge in [0.2, 0.25) is 5.95 Å². The summed E-state index contributed by atoms with van der Waals surface area (Å²) < 4.78 is 72.3. The zero-order chi connectivity index (χ0) is 19.3. The van der Waals surface area contributed by atoms with Gasteiger partial charge in [-0.3, -0.25) is 0 Å². The van der Waals surface area contributed by atoms with Crippen LogP contribution in [0.5, 0.6) is 5.75 Å². The van der Waals surface area contributed by atoms with Gasteiger partial charge in [-0.1, -0.05) is 0 Å². The molecule has 0 aliphatic carbocycles. The molecule has 1 N–H and O–H groups in total. The third-order valence-corrected chi connectivity index (χ3v) is 2.89. The van der Waals surface area contributed by atoms with Crippen molar-refractivity contribution < 1.29 is 36.2 Å². The first-order valence-electron chi connectivity index (χ1n) is 7.14. The number of nitrogens with zero attached hydrogens (tertiary/aromatic N) is 2. The van der Waals surface area contributed by atoms with Crippen LogP contribution in [0.4, 0.5) is 33.6 Å². The summed E-state index contributed by atoms with van der Waals surface area (Å²) >= 11 is 0. The van der Waals surface area contributed by atoms with Crippen molar-refractivity contribution in [3.8, 4) is 5.75 Å². The SMILES string of the molecule is CCOC(=O)c1cnc(Nc2ccc(OC(F)F)cc2)nc1C(F)(F)F. The molecule has 6 nitrogen and oxygen atoms in total. The van der Waals surface area contributed by atoms with E-state index in [1.807, 2.05) is 0 Å². The highest BCUT2D eigenvalue weighted by molar-refractivity contribution is 5.90. The Hall–Kier alpha value is -2.98. The Labute approximate surface area is 144 Å². The van der Waals surface area contributed by atoms with E-state index in [0.29, 0.717) is 6.20 Å². The van der Waals surface area contributed by atoms with E-state index < -0.39 is 36.0 Å². The van der Waals surface area contributed by atoms with E-state index in [-0.39, 0.29) is 18.0 Å². The van der Waals surface area contributed by atoms with Crippen molar-refractivity contribution in [2.24, 2.45) is 0 Å². The lowest BCUT2D eigenvalue weighted by molar-refractivity contribution is -0.141. The third-order valence-electron chi connectivity index (χ3n) is 2.89. The number of anilines is 2. The van der Waals surface area contributed by atoms with Crippen molar-refractivity contribution >= 4 is 17.6 Å². The smallest absolute Gasteiger partial charge is 0.434 e. The molecule has 0 spiro atoms. The number of esters is 1. The lowest BCUT2D eigenvalue weighted by Gasteiger charge is -2.13. The summed E-state index contributed by atoms with van der Waals surface area (Å²) in [5, 5.41) is 2.48. The van der Waals surface area contributed by atoms with Crippen LogP contribution in [-0.4, -0.2) is 29.2 Å². The summed E-state index contributed by atoms with van der Waals surface area (Å²) in [4.78, 5) is 18.6. The van der Waals surface area contributed by atoms with Crippen molar-refractivity contribution in [3.63, 3.8) is 0 Å². The highest BCUT2D eigenvalue weighted by Crippen LogP contribution is 2.31. The van der Waals surface area contributed by atoms with E-state index in [9.17, 15) is 26.7 Å². The Kier molecular flexibility index (Phi) is 5.90. The van der Waals surface area contributed by atoms with Crippen LogP contribution in [0.1, 0.15) is 23.0 Å². The summed E-state index contributed by atoms with van der Waals surface area (Å²) in [6.45, 7) is -1.66. The molecule has 0 atom stereocenters. The highest BCUT2D eigenvalue weighted by Gasteiger charge is 2.38. The minimum absolute atomic E-state index is 0.108. The molecule has 1 heterocycles. The number of rotatable bonds is 6. The zero-order valence-electron chi connectivity index (χ0n) is 13.2. The van der Waals surface area contributed by atoms with E-state index in [4.69, 9.17) is 0 Å². The van der Waals surface area contributed by atoms with Crippen LogP contribution in [0.3, 0.4) is 0 Å². The van der Waals surface area contributed by atoms with Gasteiger partial charge in [-0.25, -0.2) is 14.8 Å². The number of nitrogens with one attached hydrogen (secondary N) is 1. The molecule has 0 radical (unpaired) electrons. The summed E-state index contributed by atoms with van der Waals surface area (Å²) in [6.07, 6.45) is -4.21. The largest absolute Gasteiger partial charge is 0.462 e. The molecule has 140 valence electrons. The molecule has 0 amide bonds. The van der Waals surface area contributed by atoms with Crippen LogP contribution < -0.4 is 10.1 Å². The first kappa shape index (κ1) is 19.3. The third kappa shape index (κ3) is 5.01. The second-order valence-corrected chi connectivity index (χ2v) is 4.70. The number of ether oxygens (including phenoxy) is 2. The highest BCUT2D eigenvalue weighted by atomic mass is 19.4. The van der Waals surface area contributed by atoms with Gasteiger partial charge < -0.3 is 14.8 Å². The maximum absolute atomic E-state index is 13.1. The van der Waals surface area contributed by atoms with Gasteiger partial charge in [0.25, 0.3) is 0 Å². The van der Waals surface area contributed by atoms with Crippen molar-refractivity contribution in [2.45, 2.75) is 19.7 Å². The van der Waals surface area contributed by atoms with E-state index in [1.165, 1.54) is 31.2 Å². The first-order chi connectivity index (χ1) is 12.2. The zero-order valence-corrected chi connectivity index (χ0v) is 13.2. The summed E-state index contributed by atoms with van der Waals surface area (Å²) in [7, 11) is 0. The first-order valence-corrected chi connectivity index (χ1v) is 7.14. The number of alkyl halides is 5. The fourth-order valence-electron chi connectivity index (χ4n) is 1.87. The van der Waals surface area contributed by atoms with Gasteiger partial charge in [-0.2, -0.15) is 22.0 Å². The quantitative estimate of drug-likeness (QED) is 0.606. The maximum atomic E-state index is 13.1. The number of carbonyl (C=O) groups is 1. The molecule has 2 aromatic rings. The monoisotopic (exact) mass is 377 g/mol. The van der Waals surface area contributed by atoms with E-state index in [0.717, 1.165) is 0 Å². The van der Waals surface area contributed by atoms with Gasteiger partial charge in [-0.15, -0.1) is 0 Å². The number of halogens is 5. The summed E-state index contributed by atoms with van der Waals surface area (Å²) in [5.74, 6) is -1.76. The van der Waals surface area contributed by atoms with Gasteiger partial charge >= 0.3 is 18.8 Å². The molecule has 0 aliphatic heterocycles. The van der Waals surface area contributed by atoms with Crippen molar-refractivity contribution in [1.82, 2.24) is 9.97 Å². The summed E-state index contributed by atoms with van der Waals surface area (Å²) in [6, 6.07) is 4.94. The number of aromatic nitrogens is 2. The van der Waals surface area contributed by atoms with Gasteiger partial charge in [0.1, 0.15) is 11.3 Å². The molecular weight excluding hydrogens is 365 g/mol. The van der Waals surface area contributed by atoms with Crippen LogP contribution in [0.2, 0.25) is 0 Å². The molecule has 26 heavy (non-hydrogen) atoms. The Morgan fingerprint density at radius 1 is 1.23 bits per heavy atom. The number of hydrogen-bond donors (Lipinski definition) is 1. The predicted molar refractivity (Wildman–Crippen MR) is 79.3 cm³/mol. The second-order valence-electron chi connectivity index (χ2n) is 4.70. The molecule has 0 saturated heterocycles. The molecule has 0 fully saturated rings. The maximum Gasteiger partial charge on any atom is 0.434 e. The topological polar surface area (TPSA) is 73.3 Å². The fourth-order valence-corrected chi connectivity index (χ4v) is 1.87. The molecule has 2 rings (SSSR count). The molecular formula is C15H12F5N3O3. The lowest BCUT2D eigenvalue weighted by Crippen LogP contribution is -2.19. The van der Waals surface area contributed by atoms with Crippen LogP contribution >= 0.6 is 0 Å². The van der Waals surface area contributed by atoms with Crippen LogP contribution in [-0.2, 0) is 10.9 Å². The van der Waals surface area contributed by atoms with E-state index >= 15 is 0 Å². The Morgan fingerprint density at radius 3 is 2.42 bits per heavy atom. The average Bonchev–Trinajstić information content (AvgIpc) is 2.55. The Morgan fingerprint density at radius 2 is 1.88 bits per heavy atom. The standard InChI is InChI=1S/C15H12F5N3O3/c1-2-25-12(24)10-7-21-14(23-11(10)15(18,19)20)22-8-3-5-9(6-4-8)26-13(16)17/h3-7,13H,2H2,1H3,(H,21,22,23). The van der Waals surface area contributed by atoms with E-state index in [2.05, 4.69) is 24.8 Å². The number of carbonyl (C=O) groups excluding carboxylic acids is 1. The molecule has 11 heteroatoms. The van der Waals surface area contributed by atoms with Crippen molar-refractivity contribution in [3.05, 3.63) is 41.7 Å². The molecule has 0 bridgehead atoms. The van der Waals surface area contributed by atoms with Gasteiger partial charge in [0.05, 0.1) is 6.61 Å². The number of benzene rings is 1. The normalized spacial score (nSPS) is 11.3. The molecule has 0 aliphatic rings. The van der Waals surface area contributed by atoms with Crippen LogP contribution in [0.15, 0.2) is 30.5 Å². The minimum Gasteiger partial charge on any atom is -0.462 e. The predicted octanol–water partition coefficient (Wildman–Crippen LogP) is 4.02. The molecule has 0 unspecified atom stereocenters. The second kappa shape index (κ2) is 7.93. The van der Waals surface area contributed by atoms with Crippen molar-refractivity contribution in [1.29, 1.82) is 0 Å². The van der Waals surface area contributed by atoms with Gasteiger partial charge in [-0.05, 0) is 31.2 Å². The van der Waals surface area contributed by atoms with Crippen LogP contribution in [0, 0.1) is 0 Å². The van der Waals surface area contributed by atoms with Gasteiger partial charge in [0, 0.05) is 11.9 Å².